The van der Waals surface area contributed by atoms with Crippen LogP contribution in [-0.2, 0) is 12.8 Å². The van der Waals surface area contributed by atoms with Gasteiger partial charge in [0.05, 0.1) is 23.5 Å². The lowest BCUT2D eigenvalue weighted by atomic mass is 9.87. The van der Waals surface area contributed by atoms with Crippen molar-refractivity contribution in [3.63, 3.8) is 0 Å². The lowest BCUT2D eigenvalue weighted by Gasteiger charge is -2.35. The van der Waals surface area contributed by atoms with Crippen molar-refractivity contribution in [2.75, 3.05) is 10.6 Å². The van der Waals surface area contributed by atoms with E-state index in [1.54, 1.807) is 0 Å². The number of rotatable bonds is 2. The topological polar surface area (TPSA) is 24.1 Å². The largest absolute Gasteiger partial charge is 0.376 e. The van der Waals surface area contributed by atoms with Crippen LogP contribution in [0.25, 0.3) is 0 Å². The molecule has 0 saturated heterocycles. The van der Waals surface area contributed by atoms with Gasteiger partial charge in [-0.3, -0.25) is 0 Å². The van der Waals surface area contributed by atoms with Gasteiger partial charge in [0.15, 0.2) is 0 Å². The zero-order valence-corrected chi connectivity index (χ0v) is 14.9. The first-order valence-corrected chi connectivity index (χ1v) is 9.66. The molecule has 0 amide bonds. The Balaban J connectivity index is 1.49. The summed E-state index contributed by atoms with van der Waals surface area (Å²) in [6.07, 6.45) is 4.57. The minimum absolute atomic E-state index is 0.397. The molecule has 2 heteroatoms. The van der Waals surface area contributed by atoms with Crippen LogP contribution in [0, 0.1) is 0 Å². The molecule has 0 unspecified atom stereocenters. The van der Waals surface area contributed by atoms with E-state index in [4.69, 9.17) is 0 Å². The van der Waals surface area contributed by atoms with Gasteiger partial charge < -0.3 is 10.6 Å². The van der Waals surface area contributed by atoms with E-state index in [0.29, 0.717) is 12.1 Å². The Labute approximate surface area is 155 Å². The molecule has 0 aliphatic carbocycles. The summed E-state index contributed by atoms with van der Waals surface area (Å²) in [5.41, 5.74) is 8.29. The number of fused-ring (bicyclic) bond motifs is 3. The second-order valence-corrected chi connectivity index (χ2v) is 7.43. The average molecular weight is 340 g/mol. The molecule has 3 aromatic carbocycles. The maximum atomic E-state index is 3.85. The van der Waals surface area contributed by atoms with Crippen molar-refractivity contribution in [2.45, 2.75) is 37.8 Å². The zero-order valence-electron chi connectivity index (χ0n) is 14.9. The lowest BCUT2D eigenvalue weighted by Crippen LogP contribution is -2.24. The third-order valence-electron chi connectivity index (χ3n) is 5.82. The fourth-order valence-electron chi connectivity index (χ4n) is 4.40. The molecule has 0 bridgehead atoms. The molecule has 2 N–H and O–H groups in total. The van der Waals surface area contributed by atoms with Crippen molar-refractivity contribution in [2.24, 2.45) is 0 Å². The number of hydrogen-bond donors (Lipinski definition) is 2. The number of nitrogens with one attached hydrogen (secondary N) is 2. The predicted octanol–water partition coefficient (Wildman–Crippen LogP) is 5.89. The van der Waals surface area contributed by atoms with Crippen LogP contribution in [-0.4, -0.2) is 0 Å². The zero-order chi connectivity index (χ0) is 17.3. The van der Waals surface area contributed by atoms with Gasteiger partial charge >= 0.3 is 0 Å². The van der Waals surface area contributed by atoms with Gasteiger partial charge in [-0.05, 0) is 47.9 Å². The lowest BCUT2D eigenvalue weighted by molar-refractivity contribution is 0.649. The first-order valence-electron chi connectivity index (χ1n) is 9.66. The maximum absolute atomic E-state index is 3.85. The van der Waals surface area contributed by atoms with Gasteiger partial charge in [-0.25, -0.2) is 0 Å². The molecule has 0 saturated carbocycles. The smallest absolute Gasteiger partial charge is 0.0616 e. The van der Waals surface area contributed by atoms with Crippen molar-refractivity contribution in [1.82, 2.24) is 0 Å². The Bertz CT molecular complexity index is 826. The van der Waals surface area contributed by atoms with Crippen molar-refractivity contribution in [3.05, 3.63) is 95.1 Å². The van der Waals surface area contributed by atoms with Gasteiger partial charge in [0.2, 0.25) is 0 Å². The van der Waals surface area contributed by atoms with Gasteiger partial charge in [0.25, 0.3) is 0 Å². The number of anilines is 2. The van der Waals surface area contributed by atoms with Crippen LogP contribution < -0.4 is 10.6 Å². The van der Waals surface area contributed by atoms with Crippen LogP contribution >= 0.6 is 0 Å². The van der Waals surface area contributed by atoms with E-state index in [-0.39, 0.29) is 0 Å². The molecule has 26 heavy (non-hydrogen) atoms. The highest BCUT2D eigenvalue weighted by atomic mass is 15.0. The van der Waals surface area contributed by atoms with Crippen LogP contribution in [0.15, 0.2) is 72.8 Å². The van der Waals surface area contributed by atoms with E-state index < -0.39 is 0 Å². The molecule has 2 heterocycles. The second-order valence-electron chi connectivity index (χ2n) is 7.43. The minimum atomic E-state index is 0.397. The third-order valence-corrected chi connectivity index (χ3v) is 5.82. The number of hydrogen-bond acceptors (Lipinski definition) is 2. The van der Waals surface area contributed by atoms with Gasteiger partial charge in [-0.15, -0.1) is 0 Å². The van der Waals surface area contributed by atoms with Crippen LogP contribution in [0.3, 0.4) is 0 Å². The van der Waals surface area contributed by atoms with E-state index in [1.165, 1.54) is 33.6 Å². The Morgan fingerprint density at radius 1 is 0.538 bits per heavy atom. The summed E-state index contributed by atoms with van der Waals surface area (Å²) in [4.78, 5) is 0. The summed E-state index contributed by atoms with van der Waals surface area (Å²) in [6, 6.07) is 27.1. The molecule has 0 aromatic heterocycles. The fourth-order valence-corrected chi connectivity index (χ4v) is 4.40. The van der Waals surface area contributed by atoms with Crippen LogP contribution in [0.1, 0.15) is 47.2 Å². The predicted molar refractivity (Wildman–Crippen MR) is 109 cm³/mol. The number of aryl methyl sites for hydroxylation is 2. The standard InChI is InChI=1S/C24H24N2/c1-3-7-17(8-4-1)21-15-13-19-11-12-20-14-16-22(18-9-5-2-6-10-18)26-24(20)23(19)25-21/h1-12,21-22,25-26H,13-16H2/t21-,22+. The van der Waals surface area contributed by atoms with Crippen molar-refractivity contribution in [3.8, 4) is 0 Å². The van der Waals surface area contributed by atoms with Crippen LogP contribution in [0.4, 0.5) is 11.4 Å². The van der Waals surface area contributed by atoms with Crippen molar-refractivity contribution in [1.29, 1.82) is 0 Å². The molecule has 0 fully saturated rings. The van der Waals surface area contributed by atoms with E-state index in [2.05, 4.69) is 83.4 Å². The molecular formula is C24H24N2. The first-order chi connectivity index (χ1) is 12.9. The third kappa shape index (κ3) is 2.76. The summed E-state index contributed by atoms with van der Waals surface area (Å²) in [5.74, 6) is 0. The Morgan fingerprint density at radius 2 is 0.962 bits per heavy atom. The second kappa shape index (κ2) is 6.53. The fraction of sp³-hybridized carbons (Fsp3) is 0.250. The van der Waals surface area contributed by atoms with Gasteiger partial charge in [0, 0.05) is 0 Å². The highest BCUT2D eigenvalue weighted by Gasteiger charge is 2.27. The molecule has 3 aromatic rings. The molecule has 2 aliphatic heterocycles. The van der Waals surface area contributed by atoms with Crippen LogP contribution in [0.2, 0.25) is 0 Å². The number of benzene rings is 3. The Morgan fingerprint density at radius 3 is 1.38 bits per heavy atom. The monoisotopic (exact) mass is 340 g/mol. The molecule has 2 aliphatic rings. The molecule has 5 rings (SSSR count). The highest BCUT2D eigenvalue weighted by molar-refractivity contribution is 5.78. The van der Waals surface area contributed by atoms with E-state index in [9.17, 15) is 0 Å². The van der Waals surface area contributed by atoms with Crippen LogP contribution in [0.5, 0.6) is 0 Å². The Hall–Kier alpha value is -2.74. The quantitative estimate of drug-likeness (QED) is 0.608. The molecule has 130 valence electrons. The average Bonchev–Trinajstić information content (AvgIpc) is 2.74. The molecular weight excluding hydrogens is 316 g/mol. The van der Waals surface area contributed by atoms with Gasteiger partial charge in [0.1, 0.15) is 0 Å². The Kier molecular flexibility index (Phi) is 3.89. The summed E-state index contributed by atoms with van der Waals surface area (Å²) >= 11 is 0. The highest BCUT2D eigenvalue weighted by Crippen LogP contribution is 2.43. The SMILES string of the molecule is c1ccc([C@@H]2CCc3ccc4c(c3N2)N[C@@H](c2ccccc2)CC4)cc1. The van der Waals surface area contributed by atoms with Gasteiger partial charge in [-0.1, -0.05) is 72.8 Å². The van der Waals surface area contributed by atoms with E-state index in [1.807, 2.05) is 0 Å². The van der Waals surface area contributed by atoms with Crippen molar-refractivity contribution < 1.29 is 0 Å². The summed E-state index contributed by atoms with van der Waals surface area (Å²) in [5, 5.41) is 7.70. The normalized spacial score (nSPS) is 21.1. The maximum Gasteiger partial charge on any atom is 0.0616 e. The molecule has 2 nitrogen and oxygen atoms in total. The molecule has 0 spiro atoms. The first kappa shape index (κ1) is 15.5. The van der Waals surface area contributed by atoms with E-state index in [0.717, 1.165) is 25.7 Å². The summed E-state index contributed by atoms with van der Waals surface area (Å²) in [6.45, 7) is 0. The van der Waals surface area contributed by atoms with Crippen molar-refractivity contribution >= 4 is 11.4 Å². The summed E-state index contributed by atoms with van der Waals surface area (Å²) in [7, 11) is 0. The minimum Gasteiger partial charge on any atom is -0.376 e. The summed E-state index contributed by atoms with van der Waals surface area (Å²) < 4.78 is 0. The molecule has 0 radical (unpaired) electrons. The van der Waals surface area contributed by atoms with Gasteiger partial charge in [-0.2, -0.15) is 0 Å². The molecule has 2 atom stereocenters. The van der Waals surface area contributed by atoms with E-state index >= 15 is 0 Å².